The minimum atomic E-state index is -0.253. The zero-order chi connectivity index (χ0) is 23.3. The van der Waals surface area contributed by atoms with Gasteiger partial charge in [-0.25, -0.2) is 0 Å². The highest BCUT2D eigenvalue weighted by Gasteiger charge is 2.27. The predicted molar refractivity (Wildman–Crippen MR) is 132 cm³/mol. The van der Waals surface area contributed by atoms with Gasteiger partial charge in [0.05, 0.1) is 19.2 Å². The van der Waals surface area contributed by atoms with Crippen molar-refractivity contribution in [1.82, 2.24) is 15.2 Å². The van der Waals surface area contributed by atoms with Crippen LogP contribution in [0.4, 0.5) is 0 Å². The van der Waals surface area contributed by atoms with E-state index in [0.29, 0.717) is 19.6 Å². The second-order valence-electron chi connectivity index (χ2n) is 8.44. The molecule has 1 amide bonds. The van der Waals surface area contributed by atoms with Crippen molar-refractivity contribution in [3.63, 3.8) is 0 Å². The summed E-state index contributed by atoms with van der Waals surface area (Å²) < 4.78 is 12.0. The van der Waals surface area contributed by atoms with Gasteiger partial charge < -0.3 is 14.8 Å². The highest BCUT2D eigenvalue weighted by molar-refractivity contribution is 5.80. The largest absolute Gasteiger partial charge is 0.496 e. The number of hydrogen-bond acceptors (Lipinski definition) is 5. The van der Waals surface area contributed by atoms with Crippen LogP contribution in [0.2, 0.25) is 0 Å². The summed E-state index contributed by atoms with van der Waals surface area (Å²) in [5, 5.41) is 4.11. The summed E-state index contributed by atoms with van der Waals surface area (Å²) in [6.45, 7) is 1.91. The molecule has 0 fully saturated rings. The maximum Gasteiger partial charge on any atom is 0.234 e. The third-order valence-corrected chi connectivity index (χ3v) is 6.05. The molecule has 6 heteroatoms. The number of fused-ring (bicyclic) bond motifs is 2. The van der Waals surface area contributed by atoms with Crippen LogP contribution in [-0.4, -0.2) is 36.0 Å². The molecule has 0 saturated heterocycles. The number of rotatable bonds is 6. The molecule has 1 aliphatic heterocycles. The van der Waals surface area contributed by atoms with E-state index in [1.54, 1.807) is 7.11 Å². The zero-order valence-corrected chi connectivity index (χ0v) is 19.1. The van der Waals surface area contributed by atoms with Gasteiger partial charge in [-0.15, -0.1) is 0 Å². The summed E-state index contributed by atoms with van der Waals surface area (Å²) in [7, 11) is 1.66. The number of ether oxygens (including phenoxy) is 2. The molecule has 34 heavy (non-hydrogen) atoms. The Balaban J connectivity index is 1.30. The third-order valence-electron chi connectivity index (χ3n) is 6.05. The molecular formula is C28H27N3O3. The lowest BCUT2D eigenvalue weighted by Gasteiger charge is -2.24. The molecule has 172 valence electrons. The van der Waals surface area contributed by atoms with E-state index in [1.165, 1.54) is 0 Å². The van der Waals surface area contributed by atoms with Crippen molar-refractivity contribution in [2.24, 2.45) is 0 Å². The average Bonchev–Trinajstić information content (AvgIpc) is 3.06. The molecule has 0 radical (unpaired) electrons. The van der Waals surface area contributed by atoms with Gasteiger partial charge in [0.2, 0.25) is 5.91 Å². The first-order valence-electron chi connectivity index (χ1n) is 11.4. The van der Waals surface area contributed by atoms with E-state index in [0.717, 1.165) is 39.1 Å². The van der Waals surface area contributed by atoms with Crippen molar-refractivity contribution < 1.29 is 14.3 Å². The van der Waals surface area contributed by atoms with E-state index in [-0.39, 0.29) is 18.6 Å². The van der Waals surface area contributed by atoms with Gasteiger partial charge in [-0.2, -0.15) is 0 Å². The van der Waals surface area contributed by atoms with Crippen molar-refractivity contribution >= 4 is 16.8 Å². The average molecular weight is 454 g/mol. The highest BCUT2D eigenvalue weighted by atomic mass is 16.5. The van der Waals surface area contributed by atoms with Crippen LogP contribution < -0.4 is 14.8 Å². The van der Waals surface area contributed by atoms with Gasteiger partial charge >= 0.3 is 0 Å². The van der Waals surface area contributed by atoms with Crippen LogP contribution in [0.25, 0.3) is 10.9 Å². The summed E-state index contributed by atoms with van der Waals surface area (Å²) in [6.07, 6.45) is 1.56. The van der Waals surface area contributed by atoms with Crippen molar-refractivity contribution in [1.29, 1.82) is 0 Å². The lowest BCUT2D eigenvalue weighted by Crippen LogP contribution is -2.38. The predicted octanol–water partition coefficient (Wildman–Crippen LogP) is 4.50. The smallest absolute Gasteiger partial charge is 0.234 e. The summed E-state index contributed by atoms with van der Waals surface area (Å²) >= 11 is 0. The minimum absolute atomic E-state index is 0.0358. The van der Waals surface area contributed by atoms with Gasteiger partial charge in [0, 0.05) is 42.3 Å². The Morgan fingerprint density at radius 1 is 1.09 bits per heavy atom. The van der Waals surface area contributed by atoms with Crippen LogP contribution in [0.5, 0.6) is 11.5 Å². The maximum atomic E-state index is 12.9. The second-order valence-corrected chi connectivity index (χ2v) is 8.44. The van der Waals surface area contributed by atoms with E-state index >= 15 is 0 Å². The van der Waals surface area contributed by atoms with E-state index in [1.807, 2.05) is 79.0 Å². The first-order chi connectivity index (χ1) is 16.7. The normalized spacial score (nSPS) is 15.7. The third kappa shape index (κ3) is 4.87. The lowest BCUT2D eigenvalue weighted by atomic mass is 10.1. The monoisotopic (exact) mass is 453 g/mol. The molecule has 1 unspecified atom stereocenters. The molecule has 2 heterocycles. The first-order valence-corrected chi connectivity index (χ1v) is 11.4. The summed E-state index contributed by atoms with van der Waals surface area (Å²) in [5.74, 6) is 1.58. The molecule has 3 aromatic carbocycles. The number of aromatic nitrogens is 1. The Morgan fingerprint density at radius 2 is 1.88 bits per heavy atom. The number of methoxy groups -OCH3 is 1. The van der Waals surface area contributed by atoms with Crippen molar-refractivity contribution in [3.05, 3.63) is 102 Å². The van der Waals surface area contributed by atoms with Gasteiger partial charge in [0.1, 0.15) is 17.6 Å². The molecule has 1 aromatic heterocycles. The Kier molecular flexibility index (Phi) is 6.40. The molecule has 6 nitrogen and oxygen atoms in total. The number of amides is 1. The standard InChI is InChI=1S/C28H27N3O3/c1-33-26-13-7-4-10-23(26)27-18-31(17-22-9-3-6-12-25(22)34-27)19-28(32)30-16-20-14-21-8-2-5-11-24(21)29-15-20/h2-15,27H,16-19H2,1H3,(H,30,32). The van der Waals surface area contributed by atoms with Crippen LogP contribution >= 0.6 is 0 Å². The molecule has 1 N–H and O–H groups in total. The first kappa shape index (κ1) is 21.9. The van der Waals surface area contributed by atoms with Gasteiger partial charge in [-0.3, -0.25) is 14.7 Å². The van der Waals surface area contributed by atoms with E-state index in [2.05, 4.69) is 21.3 Å². The minimum Gasteiger partial charge on any atom is -0.496 e. The second kappa shape index (κ2) is 9.93. The van der Waals surface area contributed by atoms with Crippen LogP contribution in [0, 0.1) is 0 Å². The molecule has 5 rings (SSSR count). The number of hydrogen-bond donors (Lipinski definition) is 1. The Hall–Kier alpha value is -3.90. The molecule has 0 aliphatic carbocycles. The fraction of sp³-hybridized carbons (Fsp3) is 0.214. The maximum absolute atomic E-state index is 12.9. The number of nitrogens with zero attached hydrogens (tertiary/aromatic N) is 2. The van der Waals surface area contributed by atoms with Gasteiger partial charge in [0.25, 0.3) is 0 Å². The number of benzene rings is 3. The van der Waals surface area contributed by atoms with Crippen LogP contribution in [0.1, 0.15) is 22.8 Å². The van der Waals surface area contributed by atoms with E-state index in [4.69, 9.17) is 9.47 Å². The molecular weight excluding hydrogens is 426 g/mol. The topological polar surface area (TPSA) is 63.7 Å². The number of pyridine rings is 1. The lowest BCUT2D eigenvalue weighted by molar-refractivity contribution is -0.122. The Bertz CT molecular complexity index is 1310. The molecule has 0 saturated carbocycles. The zero-order valence-electron chi connectivity index (χ0n) is 19.1. The van der Waals surface area contributed by atoms with Crippen molar-refractivity contribution in [3.8, 4) is 11.5 Å². The van der Waals surface area contributed by atoms with Crippen molar-refractivity contribution in [2.45, 2.75) is 19.2 Å². The highest BCUT2D eigenvalue weighted by Crippen LogP contribution is 2.34. The van der Waals surface area contributed by atoms with E-state index in [9.17, 15) is 4.79 Å². The molecule has 0 spiro atoms. The Labute approximate surface area is 199 Å². The fourth-order valence-corrected chi connectivity index (χ4v) is 4.37. The molecule has 1 atom stereocenters. The van der Waals surface area contributed by atoms with Crippen LogP contribution in [-0.2, 0) is 17.9 Å². The quantitative estimate of drug-likeness (QED) is 0.466. The van der Waals surface area contributed by atoms with Gasteiger partial charge in [0.15, 0.2) is 0 Å². The summed E-state index contributed by atoms with van der Waals surface area (Å²) in [4.78, 5) is 19.5. The van der Waals surface area contributed by atoms with E-state index < -0.39 is 0 Å². The Morgan fingerprint density at radius 3 is 2.79 bits per heavy atom. The van der Waals surface area contributed by atoms with Crippen molar-refractivity contribution in [2.75, 3.05) is 20.2 Å². The van der Waals surface area contributed by atoms with Crippen LogP contribution in [0.15, 0.2) is 85.1 Å². The number of carbonyl (C=O) groups is 1. The molecule has 4 aromatic rings. The number of para-hydroxylation sites is 3. The summed E-state index contributed by atoms with van der Waals surface area (Å²) in [6, 6.07) is 25.9. The fourth-order valence-electron chi connectivity index (χ4n) is 4.37. The van der Waals surface area contributed by atoms with Gasteiger partial charge in [-0.05, 0) is 29.8 Å². The SMILES string of the molecule is COc1ccccc1C1CN(CC(=O)NCc2cnc3ccccc3c2)Cc2ccccc2O1. The van der Waals surface area contributed by atoms with Gasteiger partial charge in [-0.1, -0.05) is 54.6 Å². The van der Waals surface area contributed by atoms with Crippen LogP contribution in [0.3, 0.4) is 0 Å². The molecule has 1 aliphatic rings. The molecule has 0 bridgehead atoms. The number of nitrogens with one attached hydrogen (secondary N) is 1. The summed E-state index contributed by atoms with van der Waals surface area (Å²) in [5.41, 5.74) is 3.95. The number of carbonyl (C=O) groups excluding carboxylic acids is 1.